The van der Waals surface area contributed by atoms with Crippen molar-refractivity contribution in [3.05, 3.63) is 65.4 Å². The largest absolute Gasteiger partial charge is 0.353 e. The zero-order valence-corrected chi connectivity index (χ0v) is 19.9. The van der Waals surface area contributed by atoms with E-state index in [9.17, 15) is 24.0 Å². The van der Waals surface area contributed by atoms with E-state index < -0.39 is 5.91 Å². The molecule has 2 aliphatic rings. The Labute approximate surface area is 207 Å². The van der Waals surface area contributed by atoms with Crippen LogP contribution in [0.2, 0.25) is 0 Å². The summed E-state index contributed by atoms with van der Waals surface area (Å²) < 4.78 is 15.2. The first-order valence-electron chi connectivity index (χ1n) is 12.1. The zero-order chi connectivity index (χ0) is 25.4. The number of carbonyl (C=O) groups excluding carboxylic acids is 3. The Kier molecular flexibility index (Phi) is 6.44. The van der Waals surface area contributed by atoms with Crippen molar-refractivity contribution < 1.29 is 24.0 Å². The van der Waals surface area contributed by atoms with Gasteiger partial charge >= 0.3 is 0 Å². The third kappa shape index (κ3) is 5.38. The third-order valence-corrected chi connectivity index (χ3v) is 6.65. The first-order valence-corrected chi connectivity index (χ1v) is 12.1. The van der Waals surface area contributed by atoms with Gasteiger partial charge in [-0.15, -0.1) is 0 Å². The van der Waals surface area contributed by atoms with Crippen LogP contribution in [0.4, 0.5) is 4.39 Å². The minimum atomic E-state index is -0.706. The van der Waals surface area contributed by atoms with Crippen molar-refractivity contribution in [1.29, 1.82) is 0 Å². The topological polar surface area (TPSA) is 117 Å². The highest BCUT2D eigenvalue weighted by Gasteiger charge is 2.35. The third-order valence-electron chi connectivity index (χ3n) is 6.65. The van der Waals surface area contributed by atoms with Crippen LogP contribution in [-0.2, 0) is 11.3 Å². The van der Waals surface area contributed by atoms with E-state index in [0.29, 0.717) is 28.1 Å². The van der Waals surface area contributed by atoms with E-state index >= 15 is 0 Å². The molecule has 2 aliphatic carbocycles. The Balaban J connectivity index is 1.45. The lowest BCUT2D eigenvalue weighted by Crippen LogP contribution is -2.41. The van der Waals surface area contributed by atoms with Gasteiger partial charge in [-0.1, -0.05) is 12.1 Å². The van der Waals surface area contributed by atoms with E-state index in [4.69, 9.17) is 0 Å². The van der Waals surface area contributed by atoms with Crippen LogP contribution in [0, 0.1) is 11.7 Å². The Bertz CT molecular complexity index is 1310. The van der Waals surface area contributed by atoms with Crippen molar-refractivity contribution in [3.8, 4) is 0 Å². The molecule has 1 aromatic carbocycles. The maximum Gasteiger partial charge on any atom is 0.295 e. The fraction of sp³-hybridized carbons (Fsp3) is 0.385. The number of benzene rings is 1. The van der Waals surface area contributed by atoms with Gasteiger partial charge in [0.25, 0.3) is 11.8 Å². The van der Waals surface area contributed by atoms with Crippen molar-refractivity contribution in [3.63, 3.8) is 0 Å². The first kappa shape index (κ1) is 23.9. The highest BCUT2D eigenvalue weighted by Crippen LogP contribution is 2.35. The quantitative estimate of drug-likeness (QED) is 0.313. The Morgan fingerprint density at radius 2 is 1.92 bits per heavy atom. The molecule has 0 aliphatic heterocycles. The van der Waals surface area contributed by atoms with Crippen LogP contribution >= 0.6 is 0 Å². The number of carbonyl (C=O) groups is 3. The summed E-state index contributed by atoms with van der Waals surface area (Å²) in [6, 6.07) is 7.51. The van der Waals surface area contributed by atoms with Crippen molar-refractivity contribution in [2.24, 2.45) is 5.92 Å². The standard InChI is InChI=1S/C26H28FN5O4/c1-31(36)26(35)22-10-19-20(14-32(23(19)12-28-22)13-15-2-6-17(27)7-3-15)25(34)30-21(16-4-5-16)11-24(33)29-18-8-9-18/h2-3,6-7,10,12,14,16,18,21,36H,4-5,8-9,11,13H2,1H3,(H,29,33)(H,30,34). The monoisotopic (exact) mass is 493 g/mol. The average molecular weight is 494 g/mol. The number of halogens is 1. The fourth-order valence-corrected chi connectivity index (χ4v) is 4.36. The van der Waals surface area contributed by atoms with Crippen LogP contribution < -0.4 is 10.6 Å². The van der Waals surface area contributed by atoms with Gasteiger partial charge in [0.15, 0.2) is 0 Å². The minimum absolute atomic E-state index is 0.0105. The van der Waals surface area contributed by atoms with E-state index in [-0.39, 0.29) is 47.7 Å². The second-order valence-corrected chi connectivity index (χ2v) is 9.68. The number of aromatic nitrogens is 2. The molecule has 2 heterocycles. The molecule has 0 bridgehead atoms. The van der Waals surface area contributed by atoms with Crippen LogP contribution in [0.3, 0.4) is 0 Å². The van der Waals surface area contributed by atoms with Gasteiger partial charge in [-0.05, 0) is 55.4 Å². The van der Waals surface area contributed by atoms with Gasteiger partial charge in [0.2, 0.25) is 5.91 Å². The van der Waals surface area contributed by atoms with Crippen molar-refractivity contribution in [2.45, 2.75) is 50.7 Å². The summed E-state index contributed by atoms with van der Waals surface area (Å²) in [7, 11) is 1.20. The molecule has 0 radical (unpaired) electrons. The highest BCUT2D eigenvalue weighted by molar-refractivity contribution is 6.08. The number of nitrogens with zero attached hydrogens (tertiary/aromatic N) is 3. The summed E-state index contributed by atoms with van der Waals surface area (Å²) in [4.78, 5) is 42.4. The smallest absolute Gasteiger partial charge is 0.295 e. The van der Waals surface area contributed by atoms with E-state index in [0.717, 1.165) is 31.2 Å². The number of pyridine rings is 1. The van der Waals surface area contributed by atoms with Gasteiger partial charge < -0.3 is 15.2 Å². The molecule has 9 nitrogen and oxygen atoms in total. The van der Waals surface area contributed by atoms with Gasteiger partial charge in [-0.2, -0.15) is 0 Å². The molecule has 1 atom stereocenters. The Morgan fingerprint density at radius 1 is 1.19 bits per heavy atom. The molecule has 1 unspecified atom stereocenters. The van der Waals surface area contributed by atoms with E-state index in [2.05, 4.69) is 15.6 Å². The van der Waals surface area contributed by atoms with Crippen LogP contribution in [0.5, 0.6) is 0 Å². The van der Waals surface area contributed by atoms with Crippen LogP contribution in [0.1, 0.15) is 58.5 Å². The summed E-state index contributed by atoms with van der Waals surface area (Å²) in [6.07, 6.45) is 7.29. The molecule has 2 fully saturated rings. The molecule has 0 saturated heterocycles. The summed E-state index contributed by atoms with van der Waals surface area (Å²) >= 11 is 0. The number of hydroxylamine groups is 2. The molecule has 2 aromatic heterocycles. The molecule has 0 spiro atoms. The van der Waals surface area contributed by atoms with E-state index in [1.165, 1.54) is 31.4 Å². The molecule has 5 rings (SSSR count). The zero-order valence-electron chi connectivity index (χ0n) is 19.9. The number of fused-ring (bicyclic) bond motifs is 1. The first-order chi connectivity index (χ1) is 17.3. The highest BCUT2D eigenvalue weighted by atomic mass is 19.1. The van der Waals surface area contributed by atoms with Crippen LogP contribution in [-0.4, -0.2) is 56.7 Å². The second-order valence-electron chi connectivity index (χ2n) is 9.68. The van der Waals surface area contributed by atoms with Crippen LogP contribution in [0.25, 0.3) is 10.9 Å². The molecular formula is C26H28FN5O4. The van der Waals surface area contributed by atoms with Gasteiger partial charge in [0.05, 0.1) is 17.3 Å². The van der Waals surface area contributed by atoms with Crippen LogP contribution in [0.15, 0.2) is 42.7 Å². The van der Waals surface area contributed by atoms with Gasteiger partial charge in [0.1, 0.15) is 11.5 Å². The van der Waals surface area contributed by atoms with Crippen molar-refractivity contribution >= 4 is 28.6 Å². The average Bonchev–Trinajstić information content (AvgIpc) is 3.78. The number of nitrogens with one attached hydrogen (secondary N) is 2. The lowest BCUT2D eigenvalue weighted by Gasteiger charge is -2.18. The number of hydrogen-bond acceptors (Lipinski definition) is 5. The Morgan fingerprint density at radius 3 is 2.56 bits per heavy atom. The summed E-state index contributed by atoms with van der Waals surface area (Å²) in [5.41, 5.74) is 1.75. The summed E-state index contributed by atoms with van der Waals surface area (Å²) in [6.45, 7) is 0.356. The SMILES string of the molecule is CN(O)C(=O)c1cc2c(C(=O)NC(CC(=O)NC3CC3)C3CC3)cn(Cc3ccc(F)cc3)c2cn1. The molecule has 2 saturated carbocycles. The van der Waals surface area contributed by atoms with Crippen molar-refractivity contribution in [2.75, 3.05) is 7.05 Å². The number of hydrogen-bond donors (Lipinski definition) is 3. The van der Waals surface area contributed by atoms with E-state index in [1.807, 2.05) is 4.57 Å². The predicted octanol–water partition coefficient (Wildman–Crippen LogP) is 2.86. The van der Waals surface area contributed by atoms with Gasteiger partial charge in [-0.3, -0.25) is 19.6 Å². The molecule has 3 N–H and O–H groups in total. The fourth-order valence-electron chi connectivity index (χ4n) is 4.36. The van der Waals surface area contributed by atoms with E-state index in [1.54, 1.807) is 18.3 Å². The molecule has 10 heteroatoms. The lowest BCUT2D eigenvalue weighted by molar-refractivity contribution is -0.121. The molecule has 188 valence electrons. The molecule has 3 aromatic rings. The van der Waals surface area contributed by atoms with Gasteiger partial charge in [-0.25, -0.2) is 14.4 Å². The Hall–Kier alpha value is -3.79. The molecule has 36 heavy (non-hydrogen) atoms. The maximum atomic E-state index is 13.5. The lowest BCUT2D eigenvalue weighted by atomic mass is 10.1. The van der Waals surface area contributed by atoms with Gasteiger partial charge in [0, 0.05) is 43.7 Å². The second kappa shape index (κ2) is 9.69. The molecular weight excluding hydrogens is 465 g/mol. The maximum absolute atomic E-state index is 13.5. The molecule has 3 amide bonds. The minimum Gasteiger partial charge on any atom is -0.353 e. The normalized spacial score (nSPS) is 16.0. The van der Waals surface area contributed by atoms with Crippen molar-refractivity contribution in [1.82, 2.24) is 25.2 Å². The number of rotatable bonds is 9. The predicted molar refractivity (Wildman–Crippen MR) is 129 cm³/mol. The summed E-state index contributed by atoms with van der Waals surface area (Å²) in [5, 5.41) is 16.5. The summed E-state index contributed by atoms with van der Waals surface area (Å²) in [5.74, 6) is -1.20. The number of amides is 3.